The molecular formula is C8H12Fe. The smallest absolute Gasteiger partial charge is 0 e. The van der Waals surface area contributed by atoms with Crippen LogP contribution in [0.25, 0.3) is 0 Å². The van der Waals surface area contributed by atoms with E-state index in [4.69, 9.17) is 0 Å². The van der Waals surface area contributed by atoms with Crippen molar-refractivity contribution in [2.24, 2.45) is 0 Å². The Morgan fingerprint density at radius 3 is 1.00 bits per heavy atom. The Labute approximate surface area is 67.5 Å². The molecule has 1 aliphatic rings. The Morgan fingerprint density at radius 2 is 0.778 bits per heavy atom. The van der Waals surface area contributed by atoms with Crippen molar-refractivity contribution in [2.45, 2.75) is 25.7 Å². The summed E-state index contributed by atoms with van der Waals surface area (Å²) in [7, 11) is 0. The number of hydrogen-bond acceptors (Lipinski definition) is 0. The third kappa shape index (κ3) is 4.50. The predicted molar refractivity (Wildman–Crippen MR) is 36.7 cm³/mol. The van der Waals surface area contributed by atoms with Gasteiger partial charge < -0.3 is 0 Å². The van der Waals surface area contributed by atoms with Crippen molar-refractivity contribution in [2.75, 3.05) is 0 Å². The van der Waals surface area contributed by atoms with Gasteiger partial charge in [-0.05, 0) is 25.7 Å². The maximum Gasteiger partial charge on any atom is 0 e. The molecule has 0 aromatic rings. The molecule has 0 aromatic heterocycles. The third-order valence-electron chi connectivity index (χ3n) is 1.33. The van der Waals surface area contributed by atoms with Gasteiger partial charge in [0.25, 0.3) is 0 Å². The van der Waals surface area contributed by atoms with E-state index in [1.165, 1.54) is 25.7 Å². The SMILES string of the molecule is C1=CCCC=CCC1.[Fe]. The summed E-state index contributed by atoms with van der Waals surface area (Å²) >= 11 is 0. The molecule has 1 rings (SSSR count). The van der Waals surface area contributed by atoms with Crippen molar-refractivity contribution in [3.05, 3.63) is 24.3 Å². The molecule has 0 bridgehead atoms. The van der Waals surface area contributed by atoms with Crippen LogP contribution in [0.1, 0.15) is 25.7 Å². The van der Waals surface area contributed by atoms with Gasteiger partial charge in [0.05, 0.1) is 0 Å². The van der Waals surface area contributed by atoms with Crippen LogP contribution in [0.3, 0.4) is 0 Å². The minimum atomic E-state index is 0. The molecule has 0 aliphatic heterocycles. The van der Waals surface area contributed by atoms with Crippen molar-refractivity contribution in [1.82, 2.24) is 0 Å². The molecule has 0 saturated carbocycles. The first-order valence-corrected chi connectivity index (χ1v) is 3.30. The van der Waals surface area contributed by atoms with Crippen molar-refractivity contribution in [3.8, 4) is 0 Å². The summed E-state index contributed by atoms with van der Waals surface area (Å²) in [4.78, 5) is 0. The van der Waals surface area contributed by atoms with E-state index in [0.29, 0.717) is 0 Å². The average Bonchev–Trinajstić information content (AvgIpc) is 1.62. The van der Waals surface area contributed by atoms with Crippen LogP contribution in [-0.2, 0) is 17.1 Å². The first-order chi connectivity index (χ1) is 4.00. The van der Waals surface area contributed by atoms with Crippen LogP contribution in [0.5, 0.6) is 0 Å². The molecule has 0 fully saturated rings. The van der Waals surface area contributed by atoms with Gasteiger partial charge in [-0.2, -0.15) is 0 Å². The Balaban J connectivity index is 0.000000640. The fraction of sp³-hybridized carbons (Fsp3) is 0.500. The first kappa shape index (κ1) is 9.00. The van der Waals surface area contributed by atoms with Gasteiger partial charge in [-0.1, -0.05) is 24.3 Å². The van der Waals surface area contributed by atoms with Crippen molar-refractivity contribution in [3.63, 3.8) is 0 Å². The van der Waals surface area contributed by atoms with Gasteiger partial charge >= 0.3 is 0 Å². The van der Waals surface area contributed by atoms with Crippen molar-refractivity contribution < 1.29 is 17.1 Å². The number of rotatable bonds is 0. The maximum atomic E-state index is 2.27. The van der Waals surface area contributed by atoms with E-state index < -0.39 is 0 Å². The number of hydrogen-bond donors (Lipinski definition) is 0. The molecule has 0 heterocycles. The zero-order chi connectivity index (χ0) is 5.66. The standard InChI is InChI=1S/C8H12.Fe/c1-2-4-6-8-7-5-3-1;/h1-2,7-8H,3-6H2;. The second-order valence-electron chi connectivity index (χ2n) is 2.10. The molecule has 52 valence electrons. The molecule has 1 aliphatic carbocycles. The van der Waals surface area contributed by atoms with Gasteiger partial charge in [0.2, 0.25) is 0 Å². The molecule has 1 heteroatoms. The van der Waals surface area contributed by atoms with Gasteiger partial charge in [-0.25, -0.2) is 0 Å². The Hall–Kier alpha value is -0.000519. The minimum absolute atomic E-state index is 0. The number of allylic oxidation sites excluding steroid dienone is 4. The van der Waals surface area contributed by atoms with Crippen molar-refractivity contribution >= 4 is 0 Å². The van der Waals surface area contributed by atoms with Crippen LogP contribution in [-0.4, -0.2) is 0 Å². The molecule has 0 amide bonds. The van der Waals surface area contributed by atoms with Crippen LogP contribution < -0.4 is 0 Å². The van der Waals surface area contributed by atoms with Gasteiger partial charge in [0, 0.05) is 17.1 Å². The van der Waals surface area contributed by atoms with E-state index in [9.17, 15) is 0 Å². The molecule has 0 unspecified atom stereocenters. The molecular weight excluding hydrogens is 152 g/mol. The minimum Gasteiger partial charge on any atom is -0.0882 e. The van der Waals surface area contributed by atoms with E-state index >= 15 is 0 Å². The predicted octanol–water partition coefficient (Wildman–Crippen LogP) is 2.67. The van der Waals surface area contributed by atoms with Crippen LogP contribution in [0, 0.1) is 0 Å². The zero-order valence-electron chi connectivity index (χ0n) is 5.49. The van der Waals surface area contributed by atoms with E-state index in [-0.39, 0.29) is 17.1 Å². The van der Waals surface area contributed by atoms with Crippen LogP contribution in [0.2, 0.25) is 0 Å². The molecule has 9 heavy (non-hydrogen) atoms. The fourth-order valence-electron chi connectivity index (χ4n) is 0.856. The third-order valence-corrected chi connectivity index (χ3v) is 1.33. The molecule has 0 spiro atoms. The second-order valence-corrected chi connectivity index (χ2v) is 2.10. The second kappa shape index (κ2) is 6.12. The van der Waals surface area contributed by atoms with Crippen LogP contribution in [0.15, 0.2) is 24.3 Å². The maximum absolute atomic E-state index is 2.27. The van der Waals surface area contributed by atoms with Gasteiger partial charge in [-0.3, -0.25) is 0 Å². The topological polar surface area (TPSA) is 0 Å². The monoisotopic (exact) mass is 164 g/mol. The molecule has 0 radical (unpaired) electrons. The van der Waals surface area contributed by atoms with Gasteiger partial charge in [-0.15, -0.1) is 0 Å². The quantitative estimate of drug-likeness (QED) is 0.381. The van der Waals surface area contributed by atoms with E-state index in [1.54, 1.807) is 0 Å². The van der Waals surface area contributed by atoms with E-state index in [2.05, 4.69) is 24.3 Å². The van der Waals surface area contributed by atoms with Crippen LogP contribution in [0.4, 0.5) is 0 Å². The molecule has 0 N–H and O–H groups in total. The summed E-state index contributed by atoms with van der Waals surface area (Å²) in [5.41, 5.74) is 0. The van der Waals surface area contributed by atoms with Crippen molar-refractivity contribution in [1.29, 1.82) is 0 Å². The Kier molecular flexibility index (Phi) is 6.12. The largest absolute Gasteiger partial charge is 0.0882 e. The molecule has 0 nitrogen and oxygen atoms in total. The molecule has 0 saturated heterocycles. The molecule has 0 atom stereocenters. The summed E-state index contributed by atoms with van der Waals surface area (Å²) in [5, 5.41) is 0. The van der Waals surface area contributed by atoms with Crippen LogP contribution >= 0.6 is 0 Å². The normalized spacial score (nSPS) is 17.8. The summed E-state index contributed by atoms with van der Waals surface area (Å²) in [6.07, 6.45) is 14.0. The summed E-state index contributed by atoms with van der Waals surface area (Å²) < 4.78 is 0. The van der Waals surface area contributed by atoms with Gasteiger partial charge in [0.1, 0.15) is 0 Å². The van der Waals surface area contributed by atoms with Gasteiger partial charge in [0.15, 0.2) is 0 Å². The zero-order valence-corrected chi connectivity index (χ0v) is 6.60. The molecule has 0 aromatic carbocycles. The first-order valence-electron chi connectivity index (χ1n) is 3.30. The van der Waals surface area contributed by atoms with E-state index in [1.807, 2.05) is 0 Å². The van der Waals surface area contributed by atoms with E-state index in [0.717, 1.165) is 0 Å². The fourth-order valence-corrected chi connectivity index (χ4v) is 0.856. The summed E-state index contributed by atoms with van der Waals surface area (Å²) in [5.74, 6) is 0. The Morgan fingerprint density at radius 1 is 0.556 bits per heavy atom. The summed E-state index contributed by atoms with van der Waals surface area (Å²) in [6, 6.07) is 0. The summed E-state index contributed by atoms with van der Waals surface area (Å²) in [6.45, 7) is 0. The average molecular weight is 164 g/mol. The Bertz CT molecular complexity index is 77.1.